The fourth-order valence-corrected chi connectivity index (χ4v) is 3.24. The molecular formula is C19H18NO2P. The summed E-state index contributed by atoms with van der Waals surface area (Å²) in [5.41, 5.74) is 4.72. The van der Waals surface area contributed by atoms with Crippen LogP contribution in [0.4, 0.5) is 0 Å². The van der Waals surface area contributed by atoms with Crippen LogP contribution in [0.5, 0.6) is 11.5 Å². The number of rotatable bonds is 4. The average Bonchev–Trinajstić information content (AvgIpc) is 3.02. The highest BCUT2D eigenvalue weighted by Crippen LogP contribution is 2.36. The van der Waals surface area contributed by atoms with Crippen LogP contribution in [0.25, 0.3) is 10.9 Å². The van der Waals surface area contributed by atoms with Gasteiger partial charge in [0.15, 0.2) is 11.5 Å². The molecular weight excluding hydrogens is 305 g/mol. The number of benzene rings is 2. The number of pyridine rings is 1. The minimum absolute atomic E-state index is 0.293. The summed E-state index contributed by atoms with van der Waals surface area (Å²) in [5, 5.41) is 1.10. The van der Waals surface area contributed by atoms with E-state index in [4.69, 9.17) is 14.5 Å². The minimum atomic E-state index is 0.293. The lowest BCUT2D eigenvalue weighted by atomic mass is 10.00. The summed E-state index contributed by atoms with van der Waals surface area (Å²) in [7, 11) is 2.79. The van der Waals surface area contributed by atoms with E-state index in [-0.39, 0.29) is 0 Å². The van der Waals surface area contributed by atoms with Crippen molar-refractivity contribution in [2.24, 2.45) is 0 Å². The van der Waals surface area contributed by atoms with E-state index in [1.165, 1.54) is 11.1 Å². The summed E-state index contributed by atoms with van der Waals surface area (Å²) in [6.07, 6.45) is 2.86. The van der Waals surface area contributed by atoms with E-state index in [0.717, 1.165) is 47.1 Å². The molecule has 4 heteroatoms. The lowest BCUT2D eigenvalue weighted by Crippen LogP contribution is -2.01. The molecule has 2 aromatic carbocycles. The number of aryl methyl sites for hydroxylation is 1. The summed E-state index contributed by atoms with van der Waals surface area (Å²) in [6, 6.07) is 16.8. The van der Waals surface area contributed by atoms with E-state index < -0.39 is 0 Å². The average molecular weight is 323 g/mol. The second-order valence-corrected chi connectivity index (χ2v) is 6.27. The molecule has 0 N–H and O–H groups in total. The molecule has 0 bridgehead atoms. The molecule has 3 aromatic rings. The van der Waals surface area contributed by atoms with Crippen molar-refractivity contribution in [3.05, 3.63) is 65.4 Å². The van der Waals surface area contributed by atoms with Crippen LogP contribution < -0.4 is 9.47 Å². The molecule has 23 heavy (non-hydrogen) atoms. The summed E-state index contributed by atoms with van der Waals surface area (Å²) < 4.78 is 11.0. The predicted molar refractivity (Wildman–Crippen MR) is 95.4 cm³/mol. The van der Waals surface area contributed by atoms with E-state index in [1.54, 1.807) is 0 Å². The van der Waals surface area contributed by atoms with Gasteiger partial charge in [0.2, 0.25) is 6.79 Å². The van der Waals surface area contributed by atoms with Crippen molar-refractivity contribution in [3.63, 3.8) is 0 Å². The highest BCUT2D eigenvalue weighted by atomic mass is 31.0. The van der Waals surface area contributed by atoms with Gasteiger partial charge in [-0.05, 0) is 42.3 Å². The molecule has 0 amide bonds. The van der Waals surface area contributed by atoms with Crippen molar-refractivity contribution in [3.8, 4) is 11.5 Å². The van der Waals surface area contributed by atoms with Gasteiger partial charge < -0.3 is 9.47 Å². The van der Waals surface area contributed by atoms with Gasteiger partial charge in [-0.2, -0.15) is 0 Å². The Bertz CT molecular complexity index is 849. The predicted octanol–water partition coefficient (Wildman–Crippen LogP) is 3.97. The first-order valence-electron chi connectivity index (χ1n) is 7.79. The molecule has 0 fully saturated rings. The monoisotopic (exact) mass is 323 g/mol. The summed E-state index contributed by atoms with van der Waals surface area (Å²) in [5.74, 6) is 1.60. The Hall–Kier alpha value is -2.12. The first-order chi connectivity index (χ1) is 11.3. The van der Waals surface area contributed by atoms with E-state index >= 15 is 0 Å². The molecule has 1 atom stereocenters. The van der Waals surface area contributed by atoms with E-state index in [9.17, 15) is 0 Å². The number of hydrogen-bond donors (Lipinski definition) is 0. The minimum Gasteiger partial charge on any atom is -0.454 e. The van der Waals surface area contributed by atoms with E-state index in [0.29, 0.717) is 6.79 Å². The zero-order valence-corrected chi connectivity index (χ0v) is 13.9. The first kappa shape index (κ1) is 14.5. The molecule has 3 nitrogen and oxygen atoms in total. The Labute approximate surface area is 137 Å². The van der Waals surface area contributed by atoms with Gasteiger partial charge in [0, 0.05) is 17.1 Å². The largest absolute Gasteiger partial charge is 0.454 e. The smallest absolute Gasteiger partial charge is 0.231 e. The summed E-state index contributed by atoms with van der Waals surface area (Å²) >= 11 is 0. The van der Waals surface area contributed by atoms with Crippen LogP contribution in [0, 0.1) is 0 Å². The Kier molecular flexibility index (Phi) is 3.88. The molecule has 116 valence electrons. The van der Waals surface area contributed by atoms with Crippen LogP contribution in [0.2, 0.25) is 0 Å². The molecule has 4 rings (SSSR count). The normalized spacial score (nSPS) is 12.7. The van der Waals surface area contributed by atoms with Crippen LogP contribution in [-0.4, -0.2) is 17.9 Å². The zero-order valence-electron chi connectivity index (χ0n) is 12.8. The maximum absolute atomic E-state index is 5.49. The van der Waals surface area contributed by atoms with Gasteiger partial charge in [-0.1, -0.05) is 30.3 Å². The highest BCUT2D eigenvalue weighted by Gasteiger charge is 2.16. The highest BCUT2D eigenvalue weighted by molar-refractivity contribution is 7.16. The van der Waals surface area contributed by atoms with Gasteiger partial charge in [-0.25, -0.2) is 0 Å². The first-order valence-corrected chi connectivity index (χ1v) is 8.61. The standard InChI is InChI=1S/C19H18NO2P/c23-7-6-16-14(8-13-4-2-1-3-5-13)9-15-10-18-19(22-12-21-18)11-17(15)20-16/h1-5,9-11H,6-8,12,23H2. The Balaban J connectivity index is 1.81. The summed E-state index contributed by atoms with van der Waals surface area (Å²) in [4.78, 5) is 4.89. The van der Waals surface area contributed by atoms with Gasteiger partial charge in [0.1, 0.15) is 0 Å². The van der Waals surface area contributed by atoms with Crippen LogP contribution in [0.3, 0.4) is 0 Å². The molecule has 1 aromatic heterocycles. The third kappa shape index (κ3) is 2.89. The quantitative estimate of drug-likeness (QED) is 0.681. The van der Waals surface area contributed by atoms with Gasteiger partial charge in [0.05, 0.1) is 5.52 Å². The van der Waals surface area contributed by atoms with Crippen LogP contribution in [0.1, 0.15) is 16.8 Å². The Morgan fingerprint density at radius 3 is 2.57 bits per heavy atom. The van der Waals surface area contributed by atoms with Gasteiger partial charge in [-0.3, -0.25) is 4.98 Å². The maximum atomic E-state index is 5.49. The molecule has 2 heterocycles. The molecule has 0 saturated heterocycles. The van der Waals surface area contributed by atoms with E-state index in [1.807, 2.05) is 18.2 Å². The molecule has 0 radical (unpaired) electrons. The second kappa shape index (κ2) is 6.17. The maximum Gasteiger partial charge on any atom is 0.231 e. The lowest BCUT2D eigenvalue weighted by Gasteiger charge is -2.11. The zero-order chi connectivity index (χ0) is 15.6. The molecule has 1 aliphatic heterocycles. The molecule has 0 spiro atoms. The van der Waals surface area contributed by atoms with Crippen LogP contribution in [-0.2, 0) is 12.8 Å². The van der Waals surface area contributed by atoms with Gasteiger partial charge in [0.25, 0.3) is 0 Å². The lowest BCUT2D eigenvalue weighted by molar-refractivity contribution is 0.174. The van der Waals surface area contributed by atoms with Crippen molar-refractivity contribution >= 4 is 20.1 Å². The van der Waals surface area contributed by atoms with Gasteiger partial charge >= 0.3 is 0 Å². The van der Waals surface area contributed by atoms with Gasteiger partial charge in [-0.15, -0.1) is 9.24 Å². The molecule has 1 aliphatic rings. The van der Waals surface area contributed by atoms with Crippen molar-refractivity contribution in [1.82, 2.24) is 4.98 Å². The summed E-state index contributed by atoms with van der Waals surface area (Å²) in [6.45, 7) is 0.293. The van der Waals surface area contributed by atoms with Crippen LogP contribution >= 0.6 is 9.24 Å². The van der Waals surface area contributed by atoms with E-state index in [2.05, 4.69) is 39.6 Å². The number of ether oxygens (including phenoxy) is 2. The van der Waals surface area contributed by atoms with Crippen LogP contribution in [0.15, 0.2) is 48.5 Å². The fraction of sp³-hybridized carbons (Fsp3) is 0.211. The topological polar surface area (TPSA) is 31.4 Å². The second-order valence-electron chi connectivity index (χ2n) is 5.69. The fourth-order valence-electron chi connectivity index (χ4n) is 2.97. The number of fused-ring (bicyclic) bond motifs is 2. The third-order valence-corrected chi connectivity index (χ3v) is 4.38. The van der Waals surface area contributed by atoms with Crippen molar-refractivity contribution in [2.45, 2.75) is 12.8 Å². The Morgan fingerprint density at radius 2 is 1.78 bits per heavy atom. The van der Waals surface area contributed by atoms with Crippen molar-refractivity contribution in [1.29, 1.82) is 0 Å². The SMILES string of the molecule is PCCc1nc2cc3c(cc2cc1Cc1ccccc1)OCO3. The number of nitrogens with zero attached hydrogens (tertiary/aromatic N) is 1. The molecule has 0 saturated carbocycles. The number of aromatic nitrogens is 1. The molecule has 0 aliphatic carbocycles. The van der Waals surface area contributed by atoms with Crippen molar-refractivity contribution < 1.29 is 9.47 Å². The molecule has 1 unspecified atom stereocenters. The Morgan fingerprint density at radius 1 is 1.00 bits per heavy atom. The number of hydrogen-bond acceptors (Lipinski definition) is 3. The van der Waals surface area contributed by atoms with Crippen molar-refractivity contribution in [2.75, 3.05) is 13.0 Å². The third-order valence-electron chi connectivity index (χ3n) is 4.10.